The van der Waals surface area contributed by atoms with Crippen LogP contribution in [0.3, 0.4) is 0 Å². The van der Waals surface area contributed by atoms with E-state index in [0.717, 1.165) is 0 Å². The number of hydrogen-bond donors (Lipinski definition) is 3. The number of phenolic OH excluding ortho intramolecular Hbond substituents is 2. The van der Waals surface area contributed by atoms with Gasteiger partial charge in [0.05, 0.1) is 12.6 Å². The number of aliphatic hydroxyl groups excluding tert-OH is 1. The summed E-state index contributed by atoms with van der Waals surface area (Å²) >= 11 is 0. The molecule has 1 atom stereocenters. The highest BCUT2D eigenvalue weighted by atomic mass is 16.3. The maximum atomic E-state index is 9.85. The lowest BCUT2D eigenvalue weighted by Crippen LogP contribution is -2.12. The van der Waals surface area contributed by atoms with Crippen LogP contribution in [-0.4, -0.2) is 46.9 Å². The number of rotatable bonds is 7. The zero-order valence-electron chi connectivity index (χ0n) is 12.7. The quantitative estimate of drug-likeness (QED) is 0.686. The monoisotopic (exact) mass is 312 g/mol. The summed E-state index contributed by atoms with van der Waals surface area (Å²) in [7, 11) is 0. The average Bonchev–Trinajstić information content (AvgIpc) is 2.55. The van der Waals surface area contributed by atoms with Crippen LogP contribution in [0.5, 0.6) is 11.5 Å². The van der Waals surface area contributed by atoms with Crippen molar-refractivity contribution in [2.24, 2.45) is 9.98 Å². The zero-order valence-corrected chi connectivity index (χ0v) is 12.7. The lowest BCUT2D eigenvalue weighted by molar-refractivity contribution is 0.176. The van der Waals surface area contributed by atoms with Crippen molar-refractivity contribution in [1.82, 2.24) is 0 Å². The molecule has 2 aromatic rings. The Morgan fingerprint density at radius 2 is 1.35 bits per heavy atom. The minimum absolute atomic E-state index is 0.165. The van der Waals surface area contributed by atoms with Gasteiger partial charge in [-0.1, -0.05) is 24.3 Å². The van der Waals surface area contributed by atoms with Crippen LogP contribution in [0.4, 0.5) is 0 Å². The van der Waals surface area contributed by atoms with E-state index in [1.807, 2.05) is 12.1 Å². The number of aromatic hydroxyl groups is 2. The molecule has 0 saturated heterocycles. The Hall–Kier alpha value is -2.66. The first kappa shape index (κ1) is 16.7. The first-order valence-electron chi connectivity index (χ1n) is 7.40. The maximum absolute atomic E-state index is 9.85. The Bertz CT molecular complexity index is 683. The van der Waals surface area contributed by atoms with E-state index in [2.05, 4.69) is 9.98 Å². The van der Waals surface area contributed by atoms with Gasteiger partial charge >= 0.3 is 0 Å². The first-order chi connectivity index (χ1) is 11.2. The van der Waals surface area contributed by atoms with Crippen LogP contribution in [0.2, 0.25) is 0 Å². The van der Waals surface area contributed by atoms with Crippen molar-refractivity contribution in [3.8, 4) is 11.5 Å². The molecule has 23 heavy (non-hydrogen) atoms. The Labute approximate surface area is 135 Å². The van der Waals surface area contributed by atoms with Gasteiger partial charge in [0.15, 0.2) is 0 Å². The molecular weight excluding hydrogens is 292 g/mol. The van der Waals surface area contributed by atoms with E-state index in [1.54, 1.807) is 48.8 Å². The second-order valence-corrected chi connectivity index (χ2v) is 5.09. The minimum atomic E-state index is -0.598. The van der Waals surface area contributed by atoms with E-state index in [4.69, 9.17) is 0 Å². The molecule has 2 aromatic carbocycles. The van der Waals surface area contributed by atoms with E-state index < -0.39 is 6.10 Å². The summed E-state index contributed by atoms with van der Waals surface area (Å²) in [5.74, 6) is 0.349. The highest BCUT2D eigenvalue weighted by Crippen LogP contribution is 2.13. The second-order valence-electron chi connectivity index (χ2n) is 5.09. The van der Waals surface area contributed by atoms with Gasteiger partial charge < -0.3 is 15.3 Å². The van der Waals surface area contributed by atoms with Crippen LogP contribution < -0.4 is 0 Å². The van der Waals surface area contributed by atoms with Crippen molar-refractivity contribution in [3.05, 3.63) is 59.7 Å². The van der Waals surface area contributed by atoms with E-state index in [-0.39, 0.29) is 18.0 Å². The number of phenols is 2. The number of benzene rings is 2. The predicted molar refractivity (Wildman–Crippen MR) is 91.8 cm³/mol. The van der Waals surface area contributed by atoms with Crippen molar-refractivity contribution >= 4 is 12.4 Å². The normalized spacial score (nSPS) is 12.9. The number of para-hydroxylation sites is 2. The summed E-state index contributed by atoms with van der Waals surface area (Å²) in [5.41, 5.74) is 1.27. The summed E-state index contributed by atoms with van der Waals surface area (Å²) in [5, 5.41) is 29.0. The molecule has 120 valence electrons. The van der Waals surface area contributed by atoms with Crippen molar-refractivity contribution in [2.45, 2.75) is 12.5 Å². The Kier molecular flexibility index (Phi) is 6.32. The fourth-order valence-electron chi connectivity index (χ4n) is 1.94. The highest BCUT2D eigenvalue weighted by molar-refractivity contribution is 5.83. The van der Waals surface area contributed by atoms with E-state index in [1.165, 1.54) is 0 Å². The largest absolute Gasteiger partial charge is 0.507 e. The van der Waals surface area contributed by atoms with Crippen LogP contribution in [0.15, 0.2) is 58.5 Å². The van der Waals surface area contributed by atoms with Gasteiger partial charge in [0, 0.05) is 30.1 Å². The zero-order chi connectivity index (χ0) is 16.5. The van der Waals surface area contributed by atoms with Crippen LogP contribution in [0.1, 0.15) is 17.5 Å². The molecule has 0 aliphatic carbocycles. The summed E-state index contributed by atoms with van der Waals surface area (Å²) in [4.78, 5) is 8.31. The van der Waals surface area contributed by atoms with Crippen molar-refractivity contribution in [3.63, 3.8) is 0 Å². The molecule has 0 bridgehead atoms. The summed E-state index contributed by atoms with van der Waals surface area (Å²) in [6.45, 7) is 0.696. The molecule has 0 saturated carbocycles. The molecule has 0 heterocycles. The standard InChI is InChI=1S/C18H20N2O3/c21-16(13-20-12-15-6-2-4-8-18(15)23)9-10-19-11-14-5-1-3-7-17(14)22/h1-8,11-12,16,21-23H,9-10,13H2. The SMILES string of the molecule is Oc1ccccc1C=NCCC(O)CN=Cc1ccccc1O. The second kappa shape index (κ2) is 8.70. The van der Waals surface area contributed by atoms with Crippen LogP contribution >= 0.6 is 0 Å². The van der Waals surface area contributed by atoms with Gasteiger partial charge in [-0.05, 0) is 30.7 Å². The topological polar surface area (TPSA) is 85.4 Å². The first-order valence-corrected chi connectivity index (χ1v) is 7.40. The van der Waals surface area contributed by atoms with Crippen LogP contribution in [0, 0.1) is 0 Å². The van der Waals surface area contributed by atoms with E-state index in [0.29, 0.717) is 24.1 Å². The van der Waals surface area contributed by atoms with Crippen molar-refractivity contribution < 1.29 is 15.3 Å². The number of aliphatic imine (C=N–C) groups is 2. The van der Waals surface area contributed by atoms with Gasteiger partial charge in [0.2, 0.25) is 0 Å². The summed E-state index contributed by atoms with van der Waals surface area (Å²) in [6, 6.07) is 13.8. The molecule has 1 unspecified atom stereocenters. The van der Waals surface area contributed by atoms with E-state index >= 15 is 0 Å². The molecule has 0 aromatic heterocycles. The molecule has 3 N–H and O–H groups in total. The average molecular weight is 312 g/mol. The van der Waals surface area contributed by atoms with Gasteiger partial charge in [-0.15, -0.1) is 0 Å². The Balaban J connectivity index is 1.74. The Morgan fingerprint density at radius 3 is 1.91 bits per heavy atom. The third-order valence-corrected chi connectivity index (χ3v) is 3.24. The fourth-order valence-corrected chi connectivity index (χ4v) is 1.94. The molecule has 5 nitrogen and oxygen atoms in total. The summed E-state index contributed by atoms with van der Waals surface area (Å²) in [6.07, 6.45) is 3.01. The van der Waals surface area contributed by atoms with Crippen LogP contribution in [0.25, 0.3) is 0 Å². The number of aliphatic hydroxyl groups is 1. The Morgan fingerprint density at radius 1 is 0.826 bits per heavy atom. The summed E-state index contributed by atoms with van der Waals surface area (Å²) < 4.78 is 0. The lowest BCUT2D eigenvalue weighted by atomic mass is 10.2. The molecule has 2 rings (SSSR count). The van der Waals surface area contributed by atoms with Crippen molar-refractivity contribution in [2.75, 3.05) is 13.1 Å². The third kappa shape index (κ3) is 5.56. The van der Waals surface area contributed by atoms with Crippen molar-refractivity contribution in [1.29, 1.82) is 0 Å². The molecule has 0 fully saturated rings. The highest BCUT2D eigenvalue weighted by Gasteiger charge is 2.02. The van der Waals surface area contributed by atoms with E-state index in [9.17, 15) is 15.3 Å². The molecular formula is C18H20N2O3. The van der Waals surface area contributed by atoms with Gasteiger partial charge in [-0.25, -0.2) is 0 Å². The fraction of sp³-hybridized carbons (Fsp3) is 0.222. The maximum Gasteiger partial charge on any atom is 0.124 e. The lowest BCUT2D eigenvalue weighted by Gasteiger charge is -2.05. The molecule has 0 spiro atoms. The molecule has 5 heteroatoms. The smallest absolute Gasteiger partial charge is 0.124 e. The third-order valence-electron chi connectivity index (χ3n) is 3.24. The van der Waals surface area contributed by atoms with Gasteiger partial charge in [0.1, 0.15) is 11.5 Å². The van der Waals surface area contributed by atoms with Crippen LogP contribution in [-0.2, 0) is 0 Å². The number of nitrogens with zero attached hydrogens (tertiary/aromatic N) is 2. The molecule has 0 aliphatic rings. The van der Waals surface area contributed by atoms with Gasteiger partial charge in [0.25, 0.3) is 0 Å². The molecule has 0 radical (unpaired) electrons. The van der Waals surface area contributed by atoms with Gasteiger partial charge in [-0.3, -0.25) is 9.98 Å². The predicted octanol–water partition coefficient (Wildman–Crippen LogP) is 2.39. The number of hydrogen-bond acceptors (Lipinski definition) is 5. The molecule has 0 amide bonds. The minimum Gasteiger partial charge on any atom is -0.507 e. The van der Waals surface area contributed by atoms with Gasteiger partial charge in [-0.2, -0.15) is 0 Å². The molecule has 0 aliphatic heterocycles.